The SMILES string of the molecule is C[C@@H]1C(C(=O)O)CCN1C(=O)OC(C)(C)C. The van der Waals surface area contributed by atoms with Gasteiger partial charge in [0.15, 0.2) is 0 Å². The summed E-state index contributed by atoms with van der Waals surface area (Å²) in [4.78, 5) is 24.1. The molecule has 5 nitrogen and oxygen atoms in total. The number of aliphatic carboxylic acids is 1. The molecule has 0 saturated carbocycles. The van der Waals surface area contributed by atoms with Crippen molar-refractivity contribution >= 4 is 12.1 Å². The first-order valence-corrected chi connectivity index (χ1v) is 5.45. The highest BCUT2D eigenvalue weighted by molar-refractivity contribution is 5.75. The average Bonchev–Trinajstić information content (AvgIpc) is 2.43. The van der Waals surface area contributed by atoms with E-state index in [4.69, 9.17) is 9.84 Å². The lowest BCUT2D eigenvalue weighted by Gasteiger charge is -2.27. The van der Waals surface area contributed by atoms with Crippen LogP contribution in [-0.2, 0) is 9.53 Å². The molecule has 1 amide bonds. The van der Waals surface area contributed by atoms with Crippen molar-refractivity contribution in [2.75, 3.05) is 6.54 Å². The molecular weight excluding hydrogens is 210 g/mol. The van der Waals surface area contributed by atoms with Crippen LogP contribution in [0.1, 0.15) is 34.1 Å². The molecule has 1 aliphatic rings. The van der Waals surface area contributed by atoms with Crippen LogP contribution in [-0.4, -0.2) is 40.3 Å². The van der Waals surface area contributed by atoms with Gasteiger partial charge in [-0.25, -0.2) is 4.79 Å². The molecule has 1 saturated heterocycles. The van der Waals surface area contributed by atoms with Crippen molar-refractivity contribution in [3.63, 3.8) is 0 Å². The van der Waals surface area contributed by atoms with Gasteiger partial charge in [0, 0.05) is 12.6 Å². The van der Waals surface area contributed by atoms with Gasteiger partial charge in [0.05, 0.1) is 5.92 Å². The van der Waals surface area contributed by atoms with Crippen LogP contribution in [0.25, 0.3) is 0 Å². The number of carbonyl (C=O) groups excluding carboxylic acids is 1. The quantitative estimate of drug-likeness (QED) is 0.743. The minimum Gasteiger partial charge on any atom is -0.481 e. The Morgan fingerprint density at radius 3 is 2.31 bits per heavy atom. The molecule has 92 valence electrons. The predicted molar refractivity (Wildman–Crippen MR) is 58.1 cm³/mol. The third kappa shape index (κ3) is 2.87. The molecule has 0 radical (unpaired) electrons. The summed E-state index contributed by atoms with van der Waals surface area (Å²) in [5, 5.41) is 8.94. The number of likely N-dealkylation sites (tertiary alicyclic amines) is 1. The smallest absolute Gasteiger partial charge is 0.410 e. The highest BCUT2D eigenvalue weighted by atomic mass is 16.6. The Labute approximate surface area is 95.4 Å². The number of carboxylic acids is 1. The fraction of sp³-hybridized carbons (Fsp3) is 0.818. The van der Waals surface area contributed by atoms with Crippen molar-refractivity contribution in [1.29, 1.82) is 0 Å². The van der Waals surface area contributed by atoms with E-state index in [0.717, 1.165) is 0 Å². The van der Waals surface area contributed by atoms with E-state index in [1.807, 2.05) is 0 Å². The number of rotatable bonds is 1. The molecular formula is C11H19NO4. The second-order valence-electron chi connectivity index (χ2n) is 5.15. The molecule has 1 unspecified atom stereocenters. The Kier molecular flexibility index (Phi) is 3.45. The predicted octanol–water partition coefficient (Wildman–Crippen LogP) is 1.72. The summed E-state index contributed by atoms with van der Waals surface area (Å²) < 4.78 is 5.21. The number of amides is 1. The van der Waals surface area contributed by atoms with Crippen molar-refractivity contribution in [3.05, 3.63) is 0 Å². The van der Waals surface area contributed by atoms with Crippen LogP contribution in [0.4, 0.5) is 4.79 Å². The number of hydrogen-bond acceptors (Lipinski definition) is 3. The first kappa shape index (κ1) is 12.8. The zero-order valence-electron chi connectivity index (χ0n) is 10.2. The van der Waals surface area contributed by atoms with Crippen molar-refractivity contribution in [2.45, 2.75) is 45.8 Å². The Bertz CT molecular complexity index is 295. The van der Waals surface area contributed by atoms with Crippen molar-refractivity contribution < 1.29 is 19.4 Å². The lowest BCUT2D eigenvalue weighted by Crippen LogP contribution is -2.41. The summed E-state index contributed by atoms with van der Waals surface area (Å²) in [6, 6.07) is -0.299. The van der Waals surface area contributed by atoms with E-state index >= 15 is 0 Å². The molecule has 0 spiro atoms. The van der Waals surface area contributed by atoms with Crippen molar-refractivity contribution in [1.82, 2.24) is 4.90 Å². The third-order valence-electron chi connectivity index (χ3n) is 2.70. The Morgan fingerprint density at radius 2 is 1.94 bits per heavy atom. The van der Waals surface area contributed by atoms with Crippen LogP contribution in [0.3, 0.4) is 0 Å². The summed E-state index contributed by atoms with van der Waals surface area (Å²) in [7, 11) is 0. The topological polar surface area (TPSA) is 66.8 Å². The van der Waals surface area contributed by atoms with Crippen LogP contribution in [0.5, 0.6) is 0 Å². The highest BCUT2D eigenvalue weighted by Crippen LogP contribution is 2.26. The molecule has 2 atom stereocenters. The molecule has 1 N–H and O–H groups in total. The van der Waals surface area contributed by atoms with E-state index in [0.29, 0.717) is 13.0 Å². The van der Waals surface area contributed by atoms with Crippen LogP contribution in [0, 0.1) is 5.92 Å². The highest BCUT2D eigenvalue weighted by Gasteiger charge is 2.39. The van der Waals surface area contributed by atoms with Gasteiger partial charge >= 0.3 is 12.1 Å². The maximum atomic E-state index is 11.8. The lowest BCUT2D eigenvalue weighted by atomic mass is 10.0. The molecule has 16 heavy (non-hydrogen) atoms. The van der Waals surface area contributed by atoms with Gasteiger partial charge in [0.25, 0.3) is 0 Å². The minimum absolute atomic E-state index is 0.299. The molecule has 0 aromatic carbocycles. The summed E-state index contributed by atoms with van der Waals surface area (Å²) in [6.45, 7) is 7.57. The largest absolute Gasteiger partial charge is 0.481 e. The fourth-order valence-corrected chi connectivity index (χ4v) is 1.85. The number of carboxylic acid groups (broad SMARTS) is 1. The number of ether oxygens (including phenoxy) is 1. The van der Waals surface area contributed by atoms with Gasteiger partial charge in [-0.3, -0.25) is 4.79 Å². The lowest BCUT2D eigenvalue weighted by molar-refractivity contribution is -0.142. The van der Waals surface area contributed by atoms with Gasteiger partial charge < -0.3 is 14.7 Å². The molecule has 0 aliphatic carbocycles. The molecule has 1 aliphatic heterocycles. The second-order valence-corrected chi connectivity index (χ2v) is 5.15. The maximum absolute atomic E-state index is 11.8. The maximum Gasteiger partial charge on any atom is 0.410 e. The van der Waals surface area contributed by atoms with Gasteiger partial charge in [0.2, 0.25) is 0 Å². The standard InChI is InChI=1S/C11H19NO4/c1-7-8(9(13)14)5-6-12(7)10(15)16-11(2,3)4/h7-8H,5-6H2,1-4H3,(H,13,14)/t7-,8?/m1/s1. The molecule has 0 aromatic heterocycles. The average molecular weight is 229 g/mol. The molecule has 1 heterocycles. The van der Waals surface area contributed by atoms with Gasteiger partial charge in [-0.05, 0) is 34.1 Å². The van der Waals surface area contributed by atoms with Gasteiger partial charge in [-0.2, -0.15) is 0 Å². The van der Waals surface area contributed by atoms with Crippen LogP contribution in [0.15, 0.2) is 0 Å². The molecule has 1 rings (SSSR count). The van der Waals surface area contributed by atoms with Crippen LogP contribution < -0.4 is 0 Å². The second kappa shape index (κ2) is 4.31. The van der Waals surface area contributed by atoms with Crippen molar-refractivity contribution in [3.8, 4) is 0 Å². The van der Waals surface area contributed by atoms with E-state index in [2.05, 4.69) is 0 Å². The summed E-state index contributed by atoms with van der Waals surface area (Å²) in [6.07, 6.45) is 0.0687. The Morgan fingerprint density at radius 1 is 1.38 bits per heavy atom. The molecule has 0 aromatic rings. The minimum atomic E-state index is -0.849. The third-order valence-corrected chi connectivity index (χ3v) is 2.70. The first-order chi connectivity index (χ1) is 7.22. The van der Waals surface area contributed by atoms with Crippen LogP contribution in [0.2, 0.25) is 0 Å². The molecule has 0 bridgehead atoms. The van der Waals surface area contributed by atoms with Gasteiger partial charge in [0.1, 0.15) is 5.60 Å². The zero-order chi connectivity index (χ0) is 12.5. The van der Waals surface area contributed by atoms with E-state index in [1.165, 1.54) is 4.90 Å². The Hall–Kier alpha value is -1.26. The Balaban J connectivity index is 2.63. The van der Waals surface area contributed by atoms with E-state index < -0.39 is 23.6 Å². The normalized spacial score (nSPS) is 25.6. The fourth-order valence-electron chi connectivity index (χ4n) is 1.85. The van der Waals surface area contributed by atoms with E-state index in [-0.39, 0.29) is 6.04 Å². The van der Waals surface area contributed by atoms with Gasteiger partial charge in [-0.1, -0.05) is 0 Å². The van der Waals surface area contributed by atoms with E-state index in [1.54, 1.807) is 27.7 Å². The van der Waals surface area contributed by atoms with Gasteiger partial charge in [-0.15, -0.1) is 0 Å². The first-order valence-electron chi connectivity index (χ1n) is 5.45. The number of hydrogen-bond donors (Lipinski definition) is 1. The van der Waals surface area contributed by atoms with Crippen molar-refractivity contribution in [2.24, 2.45) is 5.92 Å². The van der Waals surface area contributed by atoms with E-state index in [9.17, 15) is 9.59 Å². The number of carbonyl (C=O) groups is 2. The molecule has 5 heteroatoms. The zero-order valence-corrected chi connectivity index (χ0v) is 10.2. The van der Waals surface area contributed by atoms with Crippen LogP contribution >= 0.6 is 0 Å². The summed E-state index contributed by atoms with van der Waals surface area (Å²) >= 11 is 0. The summed E-state index contributed by atoms with van der Waals surface area (Å²) in [5.41, 5.74) is -0.544. The monoisotopic (exact) mass is 229 g/mol. The summed E-state index contributed by atoms with van der Waals surface area (Å²) in [5.74, 6) is -1.33. The number of nitrogens with zero attached hydrogens (tertiary/aromatic N) is 1. The molecule has 1 fully saturated rings.